The van der Waals surface area contributed by atoms with Gasteiger partial charge in [-0.25, -0.2) is 0 Å². The Bertz CT molecular complexity index is 415. The Balaban J connectivity index is 1.70. The molecular weight excluding hydrogens is 256 g/mol. The molecule has 4 heteroatoms. The minimum atomic E-state index is 0.187. The molecule has 0 atom stereocenters. The van der Waals surface area contributed by atoms with Crippen molar-refractivity contribution in [1.29, 1.82) is 0 Å². The number of nitrogens with one attached hydrogen (secondary N) is 1. The molecule has 1 N–H and O–H groups in total. The van der Waals surface area contributed by atoms with Crippen molar-refractivity contribution in [3.8, 4) is 0 Å². The minimum Gasteiger partial charge on any atom is -0.353 e. The lowest BCUT2D eigenvalue weighted by atomic mass is 10.2. The molecule has 0 saturated heterocycles. The summed E-state index contributed by atoms with van der Waals surface area (Å²) in [5.41, 5.74) is 1.29. The highest BCUT2D eigenvalue weighted by atomic mass is 32.2. The Morgan fingerprint density at radius 3 is 2.63 bits per heavy atom. The molecule has 0 heterocycles. The molecule has 1 amide bonds. The summed E-state index contributed by atoms with van der Waals surface area (Å²) in [6, 6.07) is 9.08. The standard InChI is InChI=1S/C15H22N2OS/c1-17(10-9-15(18)16-13-5-6-13)11-12-3-7-14(19-2)8-4-12/h3-4,7-8,13H,5-6,9-11H2,1-2H3,(H,16,18). The van der Waals surface area contributed by atoms with Gasteiger partial charge in [0.05, 0.1) is 0 Å². The van der Waals surface area contributed by atoms with Crippen LogP contribution in [0.2, 0.25) is 0 Å². The molecule has 0 aliphatic heterocycles. The Morgan fingerprint density at radius 2 is 2.05 bits per heavy atom. The molecule has 0 radical (unpaired) electrons. The third-order valence-electron chi connectivity index (χ3n) is 3.27. The van der Waals surface area contributed by atoms with Gasteiger partial charge in [0.1, 0.15) is 0 Å². The predicted octanol–water partition coefficient (Wildman–Crippen LogP) is 2.51. The normalized spacial score (nSPS) is 14.7. The number of thioether (sulfide) groups is 1. The van der Waals surface area contributed by atoms with Crippen LogP contribution in [0.15, 0.2) is 29.2 Å². The van der Waals surface area contributed by atoms with Crippen LogP contribution in [0.3, 0.4) is 0 Å². The second kappa shape index (κ2) is 6.96. The highest BCUT2D eigenvalue weighted by Crippen LogP contribution is 2.18. The van der Waals surface area contributed by atoms with E-state index in [1.54, 1.807) is 11.8 Å². The summed E-state index contributed by atoms with van der Waals surface area (Å²) in [6.07, 6.45) is 4.99. The van der Waals surface area contributed by atoms with Crippen LogP contribution in [0.5, 0.6) is 0 Å². The maximum Gasteiger partial charge on any atom is 0.221 e. The molecule has 0 aromatic heterocycles. The van der Waals surface area contributed by atoms with Crippen molar-refractivity contribution in [1.82, 2.24) is 10.2 Å². The molecule has 104 valence electrons. The smallest absolute Gasteiger partial charge is 0.221 e. The third-order valence-corrected chi connectivity index (χ3v) is 4.02. The SMILES string of the molecule is CSc1ccc(CN(C)CCC(=O)NC2CC2)cc1. The average Bonchev–Trinajstić information content (AvgIpc) is 3.21. The van der Waals surface area contributed by atoms with Gasteiger partial charge < -0.3 is 10.2 Å². The van der Waals surface area contributed by atoms with Crippen molar-refractivity contribution >= 4 is 17.7 Å². The number of hydrogen-bond acceptors (Lipinski definition) is 3. The largest absolute Gasteiger partial charge is 0.353 e. The molecule has 1 aromatic carbocycles. The monoisotopic (exact) mass is 278 g/mol. The number of benzene rings is 1. The fourth-order valence-corrected chi connectivity index (χ4v) is 2.35. The van der Waals surface area contributed by atoms with E-state index in [1.807, 2.05) is 0 Å². The van der Waals surface area contributed by atoms with E-state index in [-0.39, 0.29) is 5.91 Å². The summed E-state index contributed by atoms with van der Waals surface area (Å²) >= 11 is 1.76. The molecule has 0 bridgehead atoms. The van der Waals surface area contributed by atoms with Crippen LogP contribution >= 0.6 is 11.8 Å². The Morgan fingerprint density at radius 1 is 1.37 bits per heavy atom. The number of carbonyl (C=O) groups is 1. The maximum absolute atomic E-state index is 11.6. The predicted molar refractivity (Wildman–Crippen MR) is 80.3 cm³/mol. The fourth-order valence-electron chi connectivity index (χ4n) is 1.94. The first-order valence-corrected chi connectivity index (χ1v) is 8.00. The van der Waals surface area contributed by atoms with Gasteiger partial charge in [0, 0.05) is 30.4 Å². The van der Waals surface area contributed by atoms with Crippen molar-refractivity contribution in [3.63, 3.8) is 0 Å². The zero-order valence-corrected chi connectivity index (χ0v) is 12.5. The van der Waals surface area contributed by atoms with Gasteiger partial charge in [-0.3, -0.25) is 4.79 Å². The Kier molecular flexibility index (Phi) is 5.28. The highest BCUT2D eigenvalue weighted by molar-refractivity contribution is 7.98. The van der Waals surface area contributed by atoms with Crippen molar-refractivity contribution in [2.75, 3.05) is 19.8 Å². The lowest BCUT2D eigenvalue weighted by Gasteiger charge is -2.16. The summed E-state index contributed by atoms with van der Waals surface area (Å²) in [7, 11) is 2.06. The van der Waals surface area contributed by atoms with Crippen LogP contribution in [0, 0.1) is 0 Å². The first kappa shape index (κ1) is 14.4. The molecule has 1 aliphatic rings. The van der Waals surface area contributed by atoms with Crippen molar-refractivity contribution in [2.24, 2.45) is 0 Å². The van der Waals surface area contributed by atoms with E-state index in [0.29, 0.717) is 12.5 Å². The Labute approximate surface area is 119 Å². The number of rotatable bonds is 7. The number of nitrogens with zero attached hydrogens (tertiary/aromatic N) is 1. The van der Waals surface area contributed by atoms with Crippen LogP contribution < -0.4 is 5.32 Å². The summed E-state index contributed by atoms with van der Waals surface area (Å²) in [6.45, 7) is 1.70. The summed E-state index contributed by atoms with van der Waals surface area (Å²) in [5.74, 6) is 0.187. The zero-order chi connectivity index (χ0) is 13.7. The first-order chi connectivity index (χ1) is 9.17. The van der Waals surface area contributed by atoms with Crippen LogP contribution in [-0.2, 0) is 11.3 Å². The lowest BCUT2D eigenvalue weighted by Crippen LogP contribution is -2.29. The Hall–Kier alpha value is -1.00. The van der Waals surface area contributed by atoms with E-state index >= 15 is 0 Å². The maximum atomic E-state index is 11.6. The van der Waals surface area contributed by atoms with Crippen LogP contribution in [0.4, 0.5) is 0 Å². The van der Waals surface area contributed by atoms with Gasteiger partial charge in [-0.05, 0) is 43.8 Å². The molecule has 1 aliphatic carbocycles. The number of hydrogen-bond donors (Lipinski definition) is 1. The summed E-state index contributed by atoms with van der Waals surface area (Å²) < 4.78 is 0. The molecule has 0 unspecified atom stereocenters. The van der Waals surface area contributed by atoms with E-state index in [2.05, 4.69) is 47.8 Å². The average molecular weight is 278 g/mol. The molecule has 1 fully saturated rings. The number of amides is 1. The van der Waals surface area contributed by atoms with E-state index in [0.717, 1.165) is 25.9 Å². The molecule has 3 nitrogen and oxygen atoms in total. The topological polar surface area (TPSA) is 32.3 Å². The van der Waals surface area contributed by atoms with Gasteiger partial charge in [-0.2, -0.15) is 0 Å². The van der Waals surface area contributed by atoms with Gasteiger partial charge in [0.15, 0.2) is 0 Å². The first-order valence-electron chi connectivity index (χ1n) is 6.78. The van der Waals surface area contributed by atoms with Crippen LogP contribution in [0.25, 0.3) is 0 Å². The van der Waals surface area contributed by atoms with Gasteiger partial charge in [-0.1, -0.05) is 12.1 Å². The summed E-state index contributed by atoms with van der Waals surface area (Å²) in [4.78, 5) is 15.1. The van der Waals surface area contributed by atoms with E-state index in [9.17, 15) is 4.79 Å². The second-order valence-electron chi connectivity index (χ2n) is 5.18. The minimum absolute atomic E-state index is 0.187. The van der Waals surface area contributed by atoms with Crippen molar-refractivity contribution in [2.45, 2.75) is 36.7 Å². The van der Waals surface area contributed by atoms with Gasteiger partial charge in [0.25, 0.3) is 0 Å². The quantitative estimate of drug-likeness (QED) is 0.778. The van der Waals surface area contributed by atoms with Crippen LogP contribution in [0.1, 0.15) is 24.8 Å². The number of carbonyl (C=O) groups excluding carboxylic acids is 1. The molecule has 0 spiro atoms. The molecule has 2 rings (SSSR count). The molecule has 1 saturated carbocycles. The van der Waals surface area contributed by atoms with Gasteiger partial charge in [-0.15, -0.1) is 11.8 Å². The van der Waals surface area contributed by atoms with Crippen molar-refractivity contribution < 1.29 is 4.79 Å². The summed E-state index contributed by atoms with van der Waals surface area (Å²) in [5, 5.41) is 3.02. The van der Waals surface area contributed by atoms with E-state index in [1.165, 1.54) is 10.5 Å². The second-order valence-corrected chi connectivity index (χ2v) is 6.06. The highest BCUT2D eigenvalue weighted by Gasteiger charge is 2.22. The molecule has 1 aromatic rings. The van der Waals surface area contributed by atoms with E-state index < -0.39 is 0 Å². The van der Waals surface area contributed by atoms with E-state index in [4.69, 9.17) is 0 Å². The van der Waals surface area contributed by atoms with Gasteiger partial charge >= 0.3 is 0 Å². The molecular formula is C15H22N2OS. The van der Waals surface area contributed by atoms with Gasteiger partial charge in [0.2, 0.25) is 5.91 Å². The zero-order valence-electron chi connectivity index (χ0n) is 11.7. The lowest BCUT2D eigenvalue weighted by molar-refractivity contribution is -0.121. The van der Waals surface area contributed by atoms with Crippen molar-refractivity contribution in [3.05, 3.63) is 29.8 Å². The third kappa shape index (κ3) is 5.25. The molecule has 19 heavy (non-hydrogen) atoms. The van der Waals surface area contributed by atoms with Crippen LogP contribution in [-0.4, -0.2) is 36.7 Å². The fraction of sp³-hybridized carbons (Fsp3) is 0.533.